The van der Waals surface area contributed by atoms with Crippen LogP contribution in [-0.4, -0.2) is 20.9 Å². The fourth-order valence-corrected chi connectivity index (χ4v) is 3.46. The molecule has 0 bridgehead atoms. The maximum atomic E-state index is 12.0. The number of carboxylic acids is 1. The van der Waals surface area contributed by atoms with Crippen LogP contribution in [0.3, 0.4) is 0 Å². The quantitative estimate of drug-likeness (QED) is 0.600. The van der Waals surface area contributed by atoms with Gasteiger partial charge in [-0.15, -0.1) is 0 Å². The third-order valence-electron chi connectivity index (χ3n) is 4.10. The van der Waals surface area contributed by atoms with Crippen LogP contribution in [-0.2, 0) is 6.42 Å². The summed E-state index contributed by atoms with van der Waals surface area (Å²) in [5.41, 5.74) is 3.74. The highest BCUT2D eigenvalue weighted by molar-refractivity contribution is 6.35. The Morgan fingerprint density at radius 2 is 1.73 bits per heavy atom. The third-order valence-corrected chi connectivity index (χ3v) is 4.53. The molecule has 0 unspecified atom stereocenters. The number of hydrogen-bond donors (Lipinski definition) is 1. The van der Waals surface area contributed by atoms with Crippen LogP contribution < -0.4 is 0 Å². The molecule has 0 radical (unpaired) electrons. The predicted molar refractivity (Wildman–Crippen MR) is 105 cm³/mol. The molecule has 0 saturated carbocycles. The second-order valence-corrected chi connectivity index (χ2v) is 7.00. The van der Waals surface area contributed by atoms with Gasteiger partial charge < -0.3 is 5.11 Å². The van der Waals surface area contributed by atoms with Crippen molar-refractivity contribution >= 4 is 29.2 Å². The maximum Gasteiger partial charge on any atom is 0.339 e. The number of aryl methyl sites for hydroxylation is 1. The molecule has 1 heterocycles. The van der Waals surface area contributed by atoms with E-state index in [0.717, 1.165) is 17.7 Å². The first-order valence-corrected chi connectivity index (χ1v) is 9.05. The van der Waals surface area contributed by atoms with Gasteiger partial charge in [-0.1, -0.05) is 54.2 Å². The van der Waals surface area contributed by atoms with Crippen LogP contribution in [0.2, 0.25) is 10.0 Å². The highest BCUT2D eigenvalue weighted by atomic mass is 35.5. The number of aromatic nitrogens is 2. The Morgan fingerprint density at radius 3 is 2.27 bits per heavy atom. The lowest BCUT2D eigenvalue weighted by Crippen LogP contribution is -2.06. The molecule has 0 aliphatic rings. The molecule has 6 heteroatoms. The average Bonchev–Trinajstić information content (AvgIpc) is 2.95. The molecule has 1 N–H and O–H groups in total. The van der Waals surface area contributed by atoms with Gasteiger partial charge in [-0.25, -0.2) is 9.48 Å². The summed E-state index contributed by atoms with van der Waals surface area (Å²) in [4.78, 5) is 12.0. The van der Waals surface area contributed by atoms with Gasteiger partial charge in [0, 0.05) is 15.6 Å². The van der Waals surface area contributed by atoms with Crippen molar-refractivity contribution in [3.63, 3.8) is 0 Å². The zero-order valence-corrected chi connectivity index (χ0v) is 16.0. The van der Waals surface area contributed by atoms with Crippen molar-refractivity contribution in [2.75, 3.05) is 0 Å². The second-order valence-electron chi connectivity index (χ2n) is 6.13. The molecule has 134 valence electrons. The summed E-state index contributed by atoms with van der Waals surface area (Å²) in [5, 5.41) is 15.4. The first kappa shape index (κ1) is 18.5. The highest BCUT2D eigenvalue weighted by Crippen LogP contribution is 2.32. The van der Waals surface area contributed by atoms with Crippen molar-refractivity contribution in [3.05, 3.63) is 69.3 Å². The lowest BCUT2D eigenvalue weighted by atomic mass is 10.0. The monoisotopic (exact) mass is 388 g/mol. The van der Waals surface area contributed by atoms with Gasteiger partial charge in [0.05, 0.1) is 11.4 Å². The smallest absolute Gasteiger partial charge is 0.339 e. The second kappa shape index (κ2) is 7.52. The normalized spacial score (nSPS) is 10.9. The van der Waals surface area contributed by atoms with Gasteiger partial charge in [0.25, 0.3) is 0 Å². The first-order chi connectivity index (χ1) is 12.4. The molecule has 0 aliphatic heterocycles. The van der Waals surface area contributed by atoms with Crippen molar-refractivity contribution in [3.8, 4) is 16.9 Å². The van der Waals surface area contributed by atoms with Crippen LogP contribution >= 0.6 is 23.2 Å². The summed E-state index contributed by atoms with van der Waals surface area (Å²) in [5.74, 6) is -1.02. The van der Waals surface area contributed by atoms with E-state index in [9.17, 15) is 9.90 Å². The minimum atomic E-state index is -1.02. The van der Waals surface area contributed by atoms with E-state index in [1.807, 2.05) is 38.1 Å². The van der Waals surface area contributed by atoms with Crippen LogP contribution in [0.4, 0.5) is 0 Å². The van der Waals surface area contributed by atoms with Gasteiger partial charge in [-0.3, -0.25) is 0 Å². The largest absolute Gasteiger partial charge is 0.478 e. The van der Waals surface area contributed by atoms with Crippen molar-refractivity contribution in [2.45, 2.75) is 26.7 Å². The highest BCUT2D eigenvalue weighted by Gasteiger charge is 2.25. The van der Waals surface area contributed by atoms with E-state index >= 15 is 0 Å². The Morgan fingerprint density at radius 1 is 1.12 bits per heavy atom. The Kier molecular flexibility index (Phi) is 5.35. The predicted octanol–water partition coefficient (Wildman–Crippen LogP) is 5.81. The summed E-state index contributed by atoms with van der Waals surface area (Å²) in [6.45, 7) is 4.01. The molecule has 0 aliphatic carbocycles. The van der Waals surface area contributed by atoms with Crippen molar-refractivity contribution in [1.29, 1.82) is 0 Å². The molecule has 3 rings (SSSR count). The molecule has 4 nitrogen and oxygen atoms in total. The summed E-state index contributed by atoms with van der Waals surface area (Å²) in [6.07, 6.45) is 1.39. The van der Waals surface area contributed by atoms with E-state index in [2.05, 4.69) is 5.10 Å². The standard InChI is InChI=1S/C20H18Cl2N2O2/c1-3-4-17-18(20(25)26)19(13-9-14(21)11-15(22)10-13)23-24(17)16-7-5-12(2)6-8-16/h5-11H,3-4H2,1-2H3,(H,25,26). The number of aromatic carboxylic acids is 1. The van der Waals surface area contributed by atoms with Crippen LogP contribution in [0.5, 0.6) is 0 Å². The molecule has 0 spiro atoms. The zero-order valence-electron chi connectivity index (χ0n) is 14.5. The van der Waals surface area contributed by atoms with E-state index in [1.165, 1.54) is 0 Å². The van der Waals surface area contributed by atoms with Gasteiger partial charge in [0.15, 0.2) is 0 Å². The number of carbonyl (C=O) groups is 1. The van der Waals surface area contributed by atoms with Crippen LogP contribution in [0.15, 0.2) is 42.5 Å². The van der Waals surface area contributed by atoms with Gasteiger partial charge in [0.1, 0.15) is 11.3 Å². The minimum absolute atomic E-state index is 0.186. The summed E-state index contributed by atoms with van der Waals surface area (Å²) in [7, 11) is 0. The average molecular weight is 389 g/mol. The summed E-state index contributed by atoms with van der Waals surface area (Å²) >= 11 is 12.2. The van der Waals surface area contributed by atoms with Gasteiger partial charge in [-0.2, -0.15) is 5.10 Å². The molecule has 1 aromatic heterocycles. The number of halogens is 2. The number of carboxylic acid groups (broad SMARTS) is 1. The molecular formula is C20H18Cl2N2O2. The lowest BCUT2D eigenvalue weighted by Gasteiger charge is -2.07. The van der Waals surface area contributed by atoms with Crippen molar-refractivity contribution in [2.24, 2.45) is 0 Å². The van der Waals surface area contributed by atoms with Crippen molar-refractivity contribution in [1.82, 2.24) is 9.78 Å². The van der Waals surface area contributed by atoms with Gasteiger partial charge in [-0.05, 0) is 43.7 Å². The van der Waals surface area contributed by atoms with Crippen LogP contribution in [0.1, 0.15) is 35.0 Å². The lowest BCUT2D eigenvalue weighted by molar-refractivity contribution is 0.0696. The van der Waals surface area contributed by atoms with Crippen LogP contribution in [0.25, 0.3) is 16.9 Å². The molecule has 3 aromatic rings. The molecule has 26 heavy (non-hydrogen) atoms. The van der Waals surface area contributed by atoms with Crippen molar-refractivity contribution < 1.29 is 9.90 Å². The molecule has 0 amide bonds. The molecule has 2 aromatic carbocycles. The summed E-state index contributed by atoms with van der Waals surface area (Å²) < 4.78 is 1.70. The van der Waals surface area contributed by atoms with Gasteiger partial charge in [0.2, 0.25) is 0 Å². The Balaban J connectivity index is 2.29. The SMILES string of the molecule is CCCc1c(C(=O)O)c(-c2cc(Cl)cc(Cl)c2)nn1-c1ccc(C)cc1. The van der Waals surface area contributed by atoms with E-state index in [4.69, 9.17) is 23.2 Å². The molecule has 0 saturated heterocycles. The maximum absolute atomic E-state index is 12.0. The van der Waals surface area contributed by atoms with E-state index < -0.39 is 5.97 Å². The Hall–Kier alpha value is -2.30. The third kappa shape index (κ3) is 3.62. The number of hydrogen-bond acceptors (Lipinski definition) is 2. The fourth-order valence-electron chi connectivity index (χ4n) is 2.94. The minimum Gasteiger partial charge on any atom is -0.478 e. The topological polar surface area (TPSA) is 55.1 Å². The first-order valence-electron chi connectivity index (χ1n) is 8.29. The zero-order chi connectivity index (χ0) is 18.8. The number of benzene rings is 2. The Bertz CT molecular complexity index is 942. The van der Waals surface area contributed by atoms with Gasteiger partial charge >= 0.3 is 5.97 Å². The molecular weight excluding hydrogens is 371 g/mol. The fraction of sp³-hybridized carbons (Fsp3) is 0.200. The number of nitrogens with zero attached hydrogens (tertiary/aromatic N) is 2. The Labute approximate surface area is 162 Å². The molecule has 0 atom stereocenters. The van der Waals surface area contributed by atoms with E-state index in [-0.39, 0.29) is 5.56 Å². The molecule has 0 fully saturated rings. The number of rotatable bonds is 5. The van der Waals surface area contributed by atoms with E-state index in [1.54, 1.807) is 22.9 Å². The van der Waals surface area contributed by atoms with E-state index in [0.29, 0.717) is 33.4 Å². The summed E-state index contributed by atoms with van der Waals surface area (Å²) in [6, 6.07) is 12.8. The van der Waals surface area contributed by atoms with Crippen LogP contribution in [0, 0.1) is 6.92 Å².